The molecule has 0 amide bonds. The van der Waals surface area contributed by atoms with E-state index in [9.17, 15) is 0 Å². The smallest absolute Gasteiger partial charge is 0.303 e. The van der Waals surface area contributed by atoms with Crippen molar-refractivity contribution in [2.45, 2.75) is 0 Å². The highest BCUT2D eigenvalue weighted by Gasteiger charge is 2.00. The lowest BCUT2D eigenvalue weighted by atomic mass is 15.8. The predicted molar refractivity (Wildman–Crippen MR) is 36.0 cm³/mol. The summed E-state index contributed by atoms with van der Waals surface area (Å²) in [7, 11) is -4.64. The Morgan fingerprint density at radius 3 is 1.14 bits per heavy atom. The Hall–Kier alpha value is 0.677. The molecule has 0 saturated carbocycles. The van der Waals surface area contributed by atoms with E-state index < -0.39 is 7.82 Å². The van der Waals surface area contributed by atoms with Gasteiger partial charge in [0.15, 0.2) is 0 Å². The fourth-order valence-corrected chi connectivity index (χ4v) is 0. The molecule has 0 aromatic heterocycles. The first-order valence-corrected chi connectivity index (χ1v) is 2.35. The van der Waals surface area contributed by atoms with Crippen molar-refractivity contribution in [2.24, 2.45) is 0 Å². The molecule has 0 aromatic rings. The van der Waals surface area contributed by atoms with Gasteiger partial charge in [0.1, 0.15) is 0 Å². The van der Waals surface area contributed by atoms with Crippen molar-refractivity contribution in [1.82, 2.24) is 0 Å². The summed E-state index contributed by atoms with van der Waals surface area (Å²) in [5, 5.41) is 0. The summed E-state index contributed by atoms with van der Waals surface area (Å²) < 4.78 is 8.88. The summed E-state index contributed by atoms with van der Waals surface area (Å²) in [6.07, 6.45) is 0. The number of hydrogen-bond donors (Lipinski definition) is 3. The first-order valence-electron chi connectivity index (χ1n) is 0.783. The number of hydrogen-bond acceptors (Lipinski definition) is 1. The van der Waals surface area contributed by atoms with E-state index in [1.54, 1.807) is 0 Å². The Balaban J connectivity index is -0.0000000800. The third-order valence-corrected chi connectivity index (χ3v) is 0. The Kier molecular flexibility index (Phi) is 10.8. The van der Waals surface area contributed by atoms with Crippen molar-refractivity contribution < 1.29 is 19.2 Å². The van der Waals surface area contributed by atoms with Crippen LogP contribution in [-0.4, -0.2) is 25.6 Å². The first kappa shape index (κ1) is 15.6. The molecular weight excluding hydrogens is 155 g/mol. The molecule has 0 rings (SSSR count). The van der Waals surface area contributed by atoms with Crippen LogP contribution in [0.15, 0.2) is 0 Å². The molecule has 0 bridgehead atoms. The molecule has 0 aliphatic heterocycles. The summed E-state index contributed by atoms with van der Waals surface area (Å²) in [5.74, 6) is 0. The minimum atomic E-state index is -4.64. The molecule has 0 aliphatic carbocycles. The van der Waals surface area contributed by atoms with E-state index >= 15 is 0 Å². The lowest BCUT2D eigenvalue weighted by Gasteiger charge is -1.82. The van der Waals surface area contributed by atoms with Gasteiger partial charge in [-0.15, -0.1) is 0 Å². The molecule has 0 heterocycles. The van der Waals surface area contributed by atoms with Crippen molar-refractivity contribution >= 4 is 32.3 Å². The average Bonchev–Trinajstić information content (AvgIpc) is 0.722. The molecule has 0 aromatic carbocycles. The third-order valence-electron chi connectivity index (χ3n) is 0. The van der Waals surface area contributed by atoms with Gasteiger partial charge in [-0.25, -0.2) is 4.57 Å². The van der Waals surface area contributed by atoms with Crippen LogP contribution in [0.2, 0.25) is 0 Å². The molecule has 48 valence electrons. The van der Waals surface area contributed by atoms with Crippen LogP contribution >= 0.6 is 21.3 Å². The third kappa shape index (κ3) is 319. The van der Waals surface area contributed by atoms with Gasteiger partial charge in [0, 0.05) is 0 Å². The maximum absolute atomic E-state index is 8.88. The molecule has 0 spiro atoms. The summed E-state index contributed by atoms with van der Waals surface area (Å²) in [5.41, 5.74) is 0. The van der Waals surface area contributed by atoms with Gasteiger partial charge in [0.2, 0.25) is 0 Å². The van der Waals surface area contributed by atoms with Crippen LogP contribution in [0.1, 0.15) is 0 Å². The Morgan fingerprint density at radius 2 is 1.14 bits per heavy atom. The fraction of sp³-hybridized carbons (Fsp3) is 0. The summed E-state index contributed by atoms with van der Waals surface area (Å²) in [6.45, 7) is 0. The molecule has 0 aliphatic rings. The van der Waals surface area contributed by atoms with Crippen LogP contribution in [0, 0.1) is 0 Å². The van der Waals surface area contributed by atoms with Crippen LogP contribution < -0.4 is 0 Å². The van der Waals surface area contributed by atoms with E-state index in [4.69, 9.17) is 19.2 Å². The standard InChI is InChI=1S/H3O4P.H2S.H4Si/c1-5(2,3)4;;/h(H3,1,2,3,4);1H2;1H4. The van der Waals surface area contributed by atoms with Gasteiger partial charge >= 0.3 is 7.82 Å². The van der Waals surface area contributed by atoms with Gasteiger partial charge in [0.05, 0.1) is 0 Å². The van der Waals surface area contributed by atoms with E-state index in [2.05, 4.69) is 0 Å². The van der Waals surface area contributed by atoms with Crippen molar-refractivity contribution in [2.75, 3.05) is 0 Å². The van der Waals surface area contributed by atoms with Gasteiger partial charge in [0.25, 0.3) is 0 Å². The van der Waals surface area contributed by atoms with E-state index in [1.165, 1.54) is 0 Å². The Labute approximate surface area is 52.3 Å². The van der Waals surface area contributed by atoms with Crippen LogP contribution in [0.5, 0.6) is 0 Å². The molecule has 0 fully saturated rings. The number of rotatable bonds is 0. The zero-order valence-electron chi connectivity index (χ0n) is 2.70. The highest BCUT2D eigenvalue weighted by Crippen LogP contribution is 2.25. The van der Waals surface area contributed by atoms with Gasteiger partial charge in [-0.3, -0.25) is 0 Å². The summed E-state index contributed by atoms with van der Waals surface area (Å²) >= 11 is 0. The zero-order valence-corrected chi connectivity index (χ0v) is 4.59. The van der Waals surface area contributed by atoms with Gasteiger partial charge < -0.3 is 14.7 Å². The SMILES string of the molecule is O=P(O)(O)O.S.[SiH4]. The largest absolute Gasteiger partial charge is 0.466 e. The molecule has 0 saturated heterocycles. The van der Waals surface area contributed by atoms with Crippen LogP contribution in [0.25, 0.3) is 0 Å². The maximum Gasteiger partial charge on any atom is 0.466 e. The lowest BCUT2D eigenvalue weighted by Crippen LogP contribution is -1.66. The molecule has 7 heavy (non-hydrogen) atoms. The normalized spacial score (nSPS) is 8.43. The topological polar surface area (TPSA) is 77.8 Å². The fourth-order valence-electron chi connectivity index (χ4n) is 0. The molecule has 3 N–H and O–H groups in total. The van der Waals surface area contributed by atoms with E-state index in [-0.39, 0.29) is 24.5 Å². The van der Waals surface area contributed by atoms with E-state index in [0.717, 1.165) is 0 Å². The van der Waals surface area contributed by atoms with Crippen molar-refractivity contribution in [3.8, 4) is 0 Å². The maximum atomic E-state index is 8.88. The molecule has 0 radical (unpaired) electrons. The highest BCUT2D eigenvalue weighted by atomic mass is 32.1. The zero-order chi connectivity index (χ0) is 4.50. The molecular formula is H9O4PSSi. The summed E-state index contributed by atoms with van der Waals surface area (Å²) in [4.78, 5) is 21.6. The minimum Gasteiger partial charge on any atom is -0.303 e. The van der Waals surface area contributed by atoms with Crippen LogP contribution in [0.3, 0.4) is 0 Å². The average molecular weight is 164 g/mol. The highest BCUT2D eigenvalue weighted by molar-refractivity contribution is 7.59. The monoisotopic (exact) mass is 164 g/mol. The quantitative estimate of drug-likeness (QED) is 0.279. The molecule has 4 nitrogen and oxygen atoms in total. The lowest BCUT2D eigenvalue weighted by molar-refractivity contribution is 0.275. The van der Waals surface area contributed by atoms with Crippen molar-refractivity contribution in [1.29, 1.82) is 0 Å². The number of phosphoric acid groups is 1. The first-order chi connectivity index (χ1) is 2.00. The second kappa shape index (κ2) is 4.83. The van der Waals surface area contributed by atoms with Crippen LogP contribution in [0.4, 0.5) is 0 Å². The summed E-state index contributed by atoms with van der Waals surface area (Å²) in [6, 6.07) is 0. The van der Waals surface area contributed by atoms with Gasteiger partial charge in [-0.05, 0) is 11.0 Å². The molecule has 0 unspecified atom stereocenters. The van der Waals surface area contributed by atoms with Crippen molar-refractivity contribution in [3.05, 3.63) is 0 Å². The van der Waals surface area contributed by atoms with Gasteiger partial charge in [-0.1, -0.05) is 0 Å². The van der Waals surface area contributed by atoms with E-state index in [1.807, 2.05) is 0 Å². The molecule has 7 heteroatoms. The predicted octanol–water partition coefficient (Wildman–Crippen LogP) is -2.27. The second-order valence-electron chi connectivity index (χ2n) is 0.513. The Morgan fingerprint density at radius 1 is 1.14 bits per heavy atom. The second-order valence-corrected chi connectivity index (χ2v) is 1.54. The van der Waals surface area contributed by atoms with Crippen LogP contribution in [-0.2, 0) is 4.57 Å². The minimum absolute atomic E-state index is 0. The van der Waals surface area contributed by atoms with Crippen molar-refractivity contribution in [3.63, 3.8) is 0 Å². The molecule has 0 atom stereocenters. The van der Waals surface area contributed by atoms with Gasteiger partial charge in [-0.2, -0.15) is 13.5 Å². The Bertz CT molecular complexity index is 57.8. The van der Waals surface area contributed by atoms with E-state index in [0.29, 0.717) is 0 Å².